The molecular formula is C20H18ClN5O4S. The highest BCUT2D eigenvalue weighted by atomic mass is 35.5. The maximum atomic E-state index is 12.4. The number of carbonyl (C=O) groups is 2. The third-order valence-electron chi connectivity index (χ3n) is 4.29. The number of non-ortho nitro benzene ring substituents is 1. The average molecular weight is 460 g/mol. The lowest BCUT2D eigenvalue weighted by Gasteiger charge is -2.09. The fourth-order valence-electron chi connectivity index (χ4n) is 2.78. The van der Waals surface area contributed by atoms with Gasteiger partial charge in [-0.15, -0.1) is 10.2 Å². The summed E-state index contributed by atoms with van der Waals surface area (Å²) in [6, 6.07) is 12.5. The molecule has 1 heterocycles. The molecule has 0 radical (unpaired) electrons. The molecule has 11 heteroatoms. The SMILES string of the molecule is CCn1c(CC(=O)Nc2ccccc2Cl)nnc1SCC(=O)c1cccc([N+](=O)[O-])c1. The Hall–Kier alpha value is -3.24. The molecule has 0 aliphatic carbocycles. The first-order chi connectivity index (χ1) is 14.9. The van der Waals surface area contributed by atoms with Gasteiger partial charge in [-0.25, -0.2) is 0 Å². The van der Waals surface area contributed by atoms with E-state index in [0.717, 1.165) is 11.8 Å². The van der Waals surface area contributed by atoms with Crippen LogP contribution >= 0.6 is 23.4 Å². The molecule has 0 spiro atoms. The van der Waals surface area contributed by atoms with Gasteiger partial charge in [0.2, 0.25) is 5.91 Å². The minimum absolute atomic E-state index is 0.00848. The van der Waals surface area contributed by atoms with E-state index in [1.165, 1.54) is 24.3 Å². The van der Waals surface area contributed by atoms with E-state index >= 15 is 0 Å². The van der Waals surface area contributed by atoms with Gasteiger partial charge in [-0.2, -0.15) is 0 Å². The third kappa shape index (κ3) is 5.68. The second-order valence-electron chi connectivity index (χ2n) is 6.37. The van der Waals surface area contributed by atoms with Crippen LogP contribution in [0.25, 0.3) is 0 Å². The smallest absolute Gasteiger partial charge is 0.270 e. The molecule has 0 atom stereocenters. The van der Waals surface area contributed by atoms with Crippen molar-refractivity contribution < 1.29 is 14.5 Å². The van der Waals surface area contributed by atoms with E-state index in [4.69, 9.17) is 11.6 Å². The lowest BCUT2D eigenvalue weighted by molar-refractivity contribution is -0.384. The van der Waals surface area contributed by atoms with Gasteiger partial charge in [0.15, 0.2) is 10.9 Å². The molecule has 1 N–H and O–H groups in total. The van der Waals surface area contributed by atoms with Crippen LogP contribution in [0, 0.1) is 10.1 Å². The van der Waals surface area contributed by atoms with Gasteiger partial charge in [-0.3, -0.25) is 19.7 Å². The van der Waals surface area contributed by atoms with Crippen LogP contribution < -0.4 is 5.32 Å². The number of nitrogens with zero attached hydrogens (tertiary/aromatic N) is 4. The molecule has 0 aliphatic rings. The van der Waals surface area contributed by atoms with Crippen molar-refractivity contribution in [2.75, 3.05) is 11.1 Å². The molecule has 0 aliphatic heterocycles. The molecule has 3 aromatic rings. The molecule has 1 amide bonds. The van der Waals surface area contributed by atoms with E-state index in [1.807, 2.05) is 6.92 Å². The topological polar surface area (TPSA) is 120 Å². The molecule has 9 nitrogen and oxygen atoms in total. The predicted octanol–water partition coefficient (Wildman–Crippen LogP) is 4.02. The number of para-hydroxylation sites is 1. The van der Waals surface area contributed by atoms with E-state index in [1.54, 1.807) is 28.8 Å². The molecule has 1 aromatic heterocycles. The Labute approximate surface area is 187 Å². The second-order valence-corrected chi connectivity index (χ2v) is 7.72. The van der Waals surface area contributed by atoms with Crippen LogP contribution in [0.5, 0.6) is 0 Å². The highest BCUT2D eigenvalue weighted by molar-refractivity contribution is 7.99. The fraction of sp³-hybridized carbons (Fsp3) is 0.200. The lowest BCUT2D eigenvalue weighted by atomic mass is 10.1. The molecular weight excluding hydrogens is 442 g/mol. The van der Waals surface area contributed by atoms with E-state index < -0.39 is 4.92 Å². The Kier molecular flexibility index (Phi) is 7.37. The van der Waals surface area contributed by atoms with Crippen molar-refractivity contribution in [3.8, 4) is 0 Å². The molecule has 2 aromatic carbocycles. The van der Waals surface area contributed by atoms with Gasteiger partial charge in [0.1, 0.15) is 5.82 Å². The number of nitro benzene ring substituents is 1. The van der Waals surface area contributed by atoms with Crippen molar-refractivity contribution in [1.82, 2.24) is 14.8 Å². The number of nitro groups is 1. The normalized spacial score (nSPS) is 10.6. The van der Waals surface area contributed by atoms with Gasteiger partial charge in [0, 0.05) is 24.2 Å². The monoisotopic (exact) mass is 459 g/mol. The number of rotatable bonds is 9. The number of anilines is 1. The number of aromatic nitrogens is 3. The summed E-state index contributed by atoms with van der Waals surface area (Å²) in [6.07, 6.45) is -0.00848. The first-order valence-corrected chi connectivity index (χ1v) is 10.6. The molecule has 0 fully saturated rings. The number of benzene rings is 2. The van der Waals surface area contributed by atoms with Crippen LogP contribution in [0.4, 0.5) is 11.4 Å². The standard InChI is InChI=1S/C20H18ClN5O4S/c1-2-25-18(11-19(28)22-16-9-4-3-8-15(16)21)23-24-20(25)31-12-17(27)13-6-5-7-14(10-13)26(29)30/h3-10H,2,11-12H2,1H3,(H,22,28). The average Bonchev–Trinajstić information content (AvgIpc) is 3.14. The Bertz CT molecular complexity index is 1130. The van der Waals surface area contributed by atoms with Gasteiger partial charge in [-0.05, 0) is 19.1 Å². The zero-order chi connectivity index (χ0) is 22.4. The number of nitrogens with one attached hydrogen (secondary N) is 1. The zero-order valence-electron chi connectivity index (χ0n) is 16.4. The number of hydrogen-bond acceptors (Lipinski definition) is 7. The van der Waals surface area contributed by atoms with Gasteiger partial charge >= 0.3 is 0 Å². The van der Waals surface area contributed by atoms with Crippen LogP contribution in [0.3, 0.4) is 0 Å². The van der Waals surface area contributed by atoms with Crippen molar-refractivity contribution in [2.45, 2.75) is 25.0 Å². The van der Waals surface area contributed by atoms with E-state index in [0.29, 0.717) is 28.2 Å². The number of ketones is 1. The summed E-state index contributed by atoms with van der Waals surface area (Å²) in [7, 11) is 0. The first-order valence-electron chi connectivity index (χ1n) is 9.26. The Balaban J connectivity index is 1.65. The minimum atomic E-state index is -0.544. The van der Waals surface area contributed by atoms with Crippen molar-refractivity contribution >= 4 is 46.4 Å². The molecule has 160 valence electrons. The van der Waals surface area contributed by atoms with Crippen molar-refractivity contribution in [3.63, 3.8) is 0 Å². The number of carbonyl (C=O) groups excluding carboxylic acids is 2. The van der Waals surface area contributed by atoms with Crippen LogP contribution in [0.1, 0.15) is 23.1 Å². The van der Waals surface area contributed by atoms with Crippen molar-refractivity contribution in [1.29, 1.82) is 0 Å². The number of Topliss-reactive ketones (excluding diaryl/α,β-unsaturated/α-hetero) is 1. The third-order valence-corrected chi connectivity index (χ3v) is 5.58. The molecule has 0 bridgehead atoms. The number of halogens is 1. The summed E-state index contributed by atoms with van der Waals surface area (Å²) < 4.78 is 1.75. The molecule has 0 saturated carbocycles. The maximum absolute atomic E-state index is 12.4. The van der Waals surface area contributed by atoms with Crippen LogP contribution in [0.2, 0.25) is 5.02 Å². The summed E-state index contributed by atoms with van der Waals surface area (Å²) >= 11 is 7.22. The molecule has 0 saturated heterocycles. The largest absolute Gasteiger partial charge is 0.324 e. The van der Waals surface area contributed by atoms with Crippen LogP contribution in [-0.4, -0.2) is 37.1 Å². The Morgan fingerprint density at radius 2 is 1.97 bits per heavy atom. The van der Waals surface area contributed by atoms with E-state index in [9.17, 15) is 19.7 Å². The summed E-state index contributed by atoms with van der Waals surface area (Å²) in [4.78, 5) is 35.2. The molecule has 3 rings (SSSR count). The maximum Gasteiger partial charge on any atom is 0.270 e. The minimum Gasteiger partial charge on any atom is -0.324 e. The number of amides is 1. The molecule has 31 heavy (non-hydrogen) atoms. The summed E-state index contributed by atoms with van der Waals surface area (Å²) in [6.45, 7) is 2.39. The lowest BCUT2D eigenvalue weighted by Crippen LogP contribution is -2.18. The highest BCUT2D eigenvalue weighted by Crippen LogP contribution is 2.22. The first kappa shape index (κ1) is 22.4. The van der Waals surface area contributed by atoms with Gasteiger partial charge in [0.05, 0.1) is 27.8 Å². The van der Waals surface area contributed by atoms with E-state index in [-0.39, 0.29) is 35.1 Å². The second kappa shape index (κ2) is 10.2. The predicted molar refractivity (Wildman–Crippen MR) is 118 cm³/mol. The van der Waals surface area contributed by atoms with E-state index in [2.05, 4.69) is 15.5 Å². The molecule has 0 unspecified atom stereocenters. The highest BCUT2D eigenvalue weighted by Gasteiger charge is 2.18. The number of thioether (sulfide) groups is 1. The number of hydrogen-bond donors (Lipinski definition) is 1. The van der Waals surface area contributed by atoms with Crippen LogP contribution in [0.15, 0.2) is 53.7 Å². The summed E-state index contributed by atoms with van der Waals surface area (Å²) in [5, 5.41) is 22.7. The van der Waals surface area contributed by atoms with Crippen LogP contribution in [-0.2, 0) is 17.8 Å². The van der Waals surface area contributed by atoms with Gasteiger partial charge < -0.3 is 9.88 Å². The fourth-order valence-corrected chi connectivity index (χ4v) is 3.88. The van der Waals surface area contributed by atoms with Gasteiger partial charge in [-0.1, -0.05) is 47.6 Å². The van der Waals surface area contributed by atoms with Crippen molar-refractivity contribution in [2.24, 2.45) is 0 Å². The quantitative estimate of drug-likeness (QED) is 0.222. The van der Waals surface area contributed by atoms with Gasteiger partial charge in [0.25, 0.3) is 5.69 Å². The Morgan fingerprint density at radius 3 is 2.68 bits per heavy atom. The van der Waals surface area contributed by atoms with Crippen molar-refractivity contribution in [3.05, 3.63) is 75.1 Å². The summed E-state index contributed by atoms with van der Waals surface area (Å²) in [5.74, 6) is -0.0698. The summed E-state index contributed by atoms with van der Waals surface area (Å²) in [5.41, 5.74) is 0.622. The zero-order valence-corrected chi connectivity index (χ0v) is 18.0. The Morgan fingerprint density at radius 1 is 1.19 bits per heavy atom.